The van der Waals surface area contributed by atoms with Crippen molar-refractivity contribution in [2.24, 2.45) is 0 Å². The zero-order valence-corrected chi connectivity index (χ0v) is 10.7. The van der Waals surface area contributed by atoms with Crippen LogP contribution in [0, 0.1) is 17.0 Å². The Labute approximate surface area is 110 Å². The number of benzene rings is 1. The van der Waals surface area contributed by atoms with Crippen LogP contribution in [0.3, 0.4) is 0 Å². The number of rotatable bonds is 4. The molecular formula is C13H16N2O4. The first-order chi connectivity index (χ1) is 8.99. The quantitative estimate of drug-likeness (QED) is 0.666. The second kappa shape index (κ2) is 5.26. The molecule has 1 aromatic rings. The number of aliphatic carboxylic acids is 1. The van der Waals surface area contributed by atoms with Crippen LogP contribution in [0.5, 0.6) is 0 Å². The van der Waals surface area contributed by atoms with Crippen LogP contribution in [-0.4, -0.2) is 28.6 Å². The summed E-state index contributed by atoms with van der Waals surface area (Å²) in [5.41, 5.74) is 1.40. The number of hydrogen-bond donors (Lipinski definition) is 1. The molecular weight excluding hydrogens is 248 g/mol. The number of carboxylic acids is 1. The molecule has 0 spiro atoms. The highest BCUT2D eigenvalue weighted by molar-refractivity contribution is 5.71. The van der Waals surface area contributed by atoms with Gasteiger partial charge in [0.2, 0.25) is 0 Å². The van der Waals surface area contributed by atoms with Crippen molar-refractivity contribution in [2.75, 3.05) is 11.4 Å². The largest absolute Gasteiger partial charge is 0.481 e. The minimum Gasteiger partial charge on any atom is -0.481 e. The maximum atomic E-state index is 11.1. The third-order valence-corrected chi connectivity index (χ3v) is 3.42. The van der Waals surface area contributed by atoms with Crippen LogP contribution in [0.4, 0.5) is 11.4 Å². The van der Waals surface area contributed by atoms with Crippen LogP contribution < -0.4 is 4.90 Å². The third-order valence-electron chi connectivity index (χ3n) is 3.42. The van der Waals surface area contributed by atoms with Gasteiger partial charge >= 0.3 is 5.97 Å². The van der Waals surface area contributed by atoms with Crippen LogP contribution in [0.1, 0.15) is 24.8 Å². The Hall–Kier alpha value is -2.11. The van der Waals surface area contributed by atoms with Crippen molar-refractivity contribution in [3.05, 3.63) is 33.9 Å². The molecule has 1 fully saturated rings. The molecule has 0 bridgehead atoms. The lowest BCUT2D eigenvalue weighted by Gasteiger charge is -2.25. The molecule has 1 aliphatic rings. The molecule has 6 nitrogen and oxygen atoms in total. The van der Waals surface area contributed by atoms with Crippen LogP contribution >= 0.6 is 0 Å². The summed E-state index contributed by atoms with van der Waals surface area (Å²) in [5, 5.41) is 20.0. The van der Waals surface area contributed by atoms with Gasteiger partial charge in [-0.1, -0.05) is 6.07 Å². The van der Waals surface area contributed by atoms with Crippen molar-refractivity contribution >= 4 is 17.3 Å². The predicted octanol–water partition coefficient (Wildman–Crippen LogP) is 2.35. The van der Waals surface area contributed by atoms with E-state index in [0.717, 1.165) is 18.4 Å². The highest BCUT2D eigenvalue weighted by Gasteiger charge is 2.31. The summed E-state index contributed by atoms with van der Waals surface area (Å²) < 4.78 is 0. The molecule has 0 aliphatic carbocycles. The van der Waals surface area contributed by atoms with Crippen molar-refractivity contribution in [3.8, 4) is 0 Å². The molecule has 1 aromatic carbocycles. The fraction of sp³-hybridized carbons (Fsp3) is 0.462. The fourth-order valence-electron chi connectivity index (χ4n) is 2.59. The molecule has 19 heavy (non-hydrogen) atoms. The maximum Gasteiger partial charge on any atom is 0.305 e. The van der Waals surface area contributed by atoms with E-state index in [1.165, 1.54) is 6.07 Å². The van der Waals surface area contributed by atoms with Gasteiger partial charge < -0.3 is 10.0 Å². The molecule has 1 aliphatic heterocycles. The van der Waals surface area contributed by atoms with E-state index in [4.69, 9.17) is 5.11 Å². The van der Waals surface area contributed by atoms with E-state index >= 15 is 0 Å². The van der Waals surface area contributed by atoms with Gasteiger partial charge in [0.1, 0.15) is 5.69 Å². The molecule has 1 saturated heterocycles. The van der Waals surface area contributed by atoms with Crippen molar-refractivity contribution in [1.82, 2.24) is 0 Å². The second-order valence-corrected chi connectivity index (χ2v) is 4.84. The molecule has 1 heterocycles. The van der Waals surface area contributed by atoms with Crippen LogP contribution in [0.25, 0.3) is 0 Å². The lowest BCUT2D eigenvalue weighted by Crippen LogP contribution is -2.31. The smallest absolute Gasteiger partial charge is 0.305 e. The number of carboxylic acid groups (broad SMARTS) is 1. The predicted molar refractivity (Wildman–Crippen MR) is 70.5 cm³/mol. The Balaban J connectivity index is 2.35. The van der Waals surface area contributed by atoms with Crippen LogP contribution in [0.15, 0.2) is 18.2 Å². The van der Waals surface area contributed by atoms with E-state index in [9.17, 15) is 14.9 Å². The monoisotopic (exact) mass is 264 g/mol. The first-order valence-corrected chi connectivity index (χ1v) is 6.22. The molecule has 1 unspecified atom stereocenters. The van der Waals surface area contributed by atoms with E-state index in [1.54, 1.807) is 13.0 Å². The van der Waals surface area contributed by atoms with Crippen molar-refractivity contribution < 1.29 is 14.8 Å². The number of nitro benzene ring substituents is 1. The first kappa shape index (κ1) is 13.3. The Morgan fingerprint density at radius 2 is 2.32 bits per heavy atom. The van der Waals surface area contributed by atoms with E-state index in [0.29, 0.717) is 12.2 Å². The van der Waals surface area contributed by atoms with Crippen LogP contribution in [0.2, 0.25) is 0 Å². The van der Waals surface area contributed by atoms with Crippen molar-refractivity contribution in [1.29, 1.82) is 0 Å². The van der Waals surface area contributed by atoms with E-state index in [2.05, 4.69) is 0 Å². The normalized spacial score (nSPS) is 18.6. The number of carbonyl (C=O) groups is 1. The molecule has 1 N–H and O–H groups in total. The molecule has 0 radical (unpaired) electrons. The number of anilines is 1. The zero-order valence-electron chi connectivity index (χ0n) is 10.7. The molecule has 102 valence electrons. The Kier molecular flexibility index (Phi) is 3.69. The van der Waals surface area contributed by atoms with Gasteiger partial charge in [-0.3, -0.25) is 14.9 Å². The number of hydrogen-bond acceptors (Lipinski definition) is 4. The van der Waals surface area contributed by atoms with E-state index in [-0.39, 0.29) is 18.2 Å². The highest BCUT2D eigenvalue weighted by atomic mass is 16.6. The average molecular weight is 264 g/mol. The molecule has 6 heteroatoms. The molecule has 0 amide bonds. The average Bonchev–Trinajstić information content (AvgIpc) is 2.76. The van der Waals surface area contributed by atoms with Gasteiger partial charge in [-0.2, -0.15) is 0 Å². The Morgan fingerprint density at radius 3 is 2.95 bits per heavy atom. The minimum absolute atomic E-state index is 0.0189. The molecule has 1 atom stereocenters. The fourth-order valence-corrected chi connectivity index (χ4v) is 2.59. The summed E-state index contributed by atoms with van der Waals surface area (Å²) in [4.78, 5) is 23.4. The third kappa shape index (κ3) is 2.83. The van der Waals surface area contributed by atoms with Gasteiger partial charge in [0.25, 0.3) is 5.69 Å². The first-order valence-electron chi connectivity index (χ1n) is 6.22. The van der Waals surface area contributed by atoms with Gasteiger partial charge in [-0.05, 0) is 31.4 Å². The molecule has 2 rings (SSSR count). The summed E-state index contributed by atoms with van der Waals surface area (Å²) in [7, 11) is 0. The minimum atomic E-state index is -0.869. The second-order valence-electron chi connectivity index (χ2n) is 4.84. The maximum absolute atomic E-state index is 11.1. The summed E-state index contributed by atoms with van der Waals surface area (Å²) in [6.45, 7) is 2.47. The zero-order chi connectivity index (χ0) is 14.0. The van der Waals surface area contributed by atoms with Gasteiger partial charge in [0, 0.05) is 18.7 Å². The molecule has 0 saturated carbocycles. The number of nitro groups is 1. The van der Waals surface area contributed by atoms with Gasteiger partial charge in [0.15, 0.2) is 0 Å². The topological polar surface area (TPSA) is 83.7 Å². The Bertz CT molecular complexity index is 515. The standard InChI is InChI=1S/C13H16N2O4/c1-9-4-5-11(12(7-9)15(18)19)14-6-2-3-10(14)8-13(16)17/h4-5,7,10H,2-3,6,8H2,1H3,(H,16,17). The number of aryl methyl sites for hydroxylation is 1. The van der Waals surface area contributed by atoms with Gasteiger partial charge in [-0.15, -0.1) is 0 Å². The van der Waals surface area contributed by atoms with Crippen molar-refractivity contribution in [2.45, 2.75) is 32.2 Å². The number of nitrogens with zero attached hydrogens (tertiary/aromatic N) is 2. The van der Waals surface area contributed by atoms with Gasteiger partial charge in [-0.25, -0.2) is 0 Å². The van der Waals surface area contributed by atoms with E-state index < -0.39 is 10.9 Å². The summed E-state index contributed by atoms with van der Waals surface area (Å²) >= 11 is 0. The summed E-state index contributed by atoms with van der Waals surface area (Å²) in [6, 6.07) is 4.91. The highest BCUT2D eigenvalue weighted by Crippen LogP contribution is 2.35. The summed E-state index contributed by atoms with van der Waals surface area (Å²) in [6.07, 6.45) is 1.64. The van der Waals surface area contributed by atoms with Gasteiger partial charge in [0.05, 0.1) is 11.3 Å². The summed E-state index contributed by atoms with van der Waals surface area (Å²) in [5.74, 6) is -0.869. The molecule has 0 aromatic heterocycles. The van der Waals surface area contributed by atoms with Crippen LogP contribution in [-0.2, 0) is 4.79 Å². The Morgan fingerprint density at radius 1 is 1.58 bits per heavy atom. The SMILES string of the molecule is Cc1ccc(N2CCCC2CC(=O)O)c([N+](=O)[O-])c1. The lowest BCUT2D eigenvalue weighted by molar-refractivity contribution is -0.384. The van der Waals surface area contributed by atoms with Crippen molar-refractivity contribution in [3.63, 3.8) is 0 Å². The lowest BCUT2D eigenvalue weighted by atomic mass is 10.1. The van der Waals surface area contributed by atoms with E-state index in [1.807, 2.05) is 11.0 Å².